The first-order valence-electron chi connectivity index (χ1n) is 8.25. The molecule has 0 radical (unpaired) electrons. The second-order valence-electron chi connectivity index (χ2n) is 5.95. The molecule has 0 bridgehead atoms. The van der Waals surface area contributed by atoms with Gasteiger partial charge in [0, 0.05) is 16.1 Å². The van der Waals surface area contributed by atoms with E-state index in [0.29, 0.717) is 27.9 Å². The van der Waals surface area contributed by atoms with Gasteiger partial charge in [0.05, 0.1) is 5.25 Å². The maximum Gasteiger partial charge on any atom is 0.277 e. The Bertz CT molecular complexity index is 1040. The lowest BCUT2D eigenvalue weighted by Gasteiger charge is -2.02. The Balaban J connectivity index is 1.47. The molecule has 4 aromatic rings. The molecule has 0 fully saturated rings. The summed E-state index contributed by atoms with van der Waals surface area (Å²) in [5, 5.41) is 17.4. The summed E-state index contributed by atoms with van der Waals surface area (Å²) in [7, 11) is 0. The van der Waals surface area contributed by atoms with E-state index in [1.807, 2.05) is 50.2 Å². The zero-order valence-corrected chi connectivity index (χ0v) is 16.2. The minimum Gasteiger partial charge on any atom is -0.419 e. The number of benzene rings is 2. The highest BCUT2D eigenvalue weighted by Crippen LogP contribution is 2.35. The average Bonchev–Trinajstić information content (AvgIpc) is 3.33. The van der Waals surface area contributed by atoms with Gasteiger partial charge in [-0.15, -0.1) is 20.4 Å². The molecule has 0 saturated heterocycles. The number of aromatic nitrogens is 4. The van der Waals surface area contributed by atoms with Gasteiger partial charge in [-0.3, -0.25) is 0 Å². The van der Waals surface area contributed by atoms with E-state index in [0.717, 1.165) is 11.1 Å². The summed E-state index contributed by atoms with van der Waals surface area (Å²) >= 11 is 7.26. The molecule has 1 atom stereocenters. The van der Waals surface area contributed by atoms with Crippen molar-refractivity contribution in [1.29, 1.82) is 0 Å². The van der Waals surface area contributed by atoms with Crippen molar-refractivity contribution in [1.82, 2.24) is 20.4 Å². The van der Waals surface area contributed by atoms with Crippen LogP contribution in [-0.2, 0) is 0 Å². The number of hydrogen-bond donors (Lipinski definition) is 0. The number of thioether (sulfide) groups is 1. The van der Waals surface area contributed by atoms with Gasteiger partial charge in [-0.05, 0) is 50.2 Å². The van der Waals surface area contributed by atoms with E-state index >= 15 is 0 Å². The third-order valence-electron chi connectivity index (χ3n) is 3.86. The molecule has 0 spiro atoms. The number of halogens is 1. The van der Waals surface area contributed by atoms with Crippen molar-refractivity contribution in [3.63, 3.8) is 0 Å². The van der Waals surface area contributed by atoms with Gasteiger partial charge in [-0.2, -0.15) is 0 Å². The molecule has 6 nitrogen and oxygen atoms in total. The van der Waals surface area contributed by atoms with Crippen LogP contribution in [0.3, 0.4) is 0 Å². The van der Waals surface area contributed by atoms with Crippen LogP contribution in [0.25, 0.3) is 22.9 Å². The molecule has 0 aliphatic heterocycles. The Morgan fingerprint density at radius 1 is 0.815 bits per heavy atom. The first-order valence-corrected chi connectivity index (χ1v) is 9.51. The van der Waals surface area contributed by atoms with Crippen molar-refractivity contribution >= 4 is 23.4 Å². The molecule has 0 amide bonds. The molecule has 4 rings (SSSR count). The lowest BCUT2D eigenvalue weighted by atomic mass is 10.1. The second kappa shape index (κ2) is 7.54. The molecule has 2 heterocycles. The van der Waals surface area contributed by atoms with E-state index in [1.165, 1.54) is 17.3 Å². The van der Waals surface area contributed by atoms with Crippen LogP contribution in [0, 0.1) is 6.92 Å². The zero-order valence-electron chi connectivity index (χ0n) is 14.6. The summed E-state index contributed by atoms with van der Waals surface area (Å²) in [5.41, 5.74) is 2.88. The molecule has 0 unspecified atom stereocenters. The summed E-state index contributed by atoms with van der Waals surface area (Å²) < 4.78 is 11.5. The summed E-state index contributed by atoms with van der Waals surface area (Å²) in [4.78, 5) is 0. The van der Waals surface area contributed by atoms with Gasteiger partial charge >= 0.3 is 0 Å². The van der Waals surface area contributed by atoms with Gasteiger partial charge in [0.25, 0.3) is 5.22 Å². The largest absolute Gasteiger partial charge is 0.419 e. The maximum atomic E-state index is 5.90. The van der Waals surface area contributed by atoms with Gasteiger partial charge in [-0.1, -0.05) is 41.1 Å². The summed E-state index contributed by atoms with van der Waals surface area (Å²) in [6.45, 7) is 3.98. The van der Waals surface area contributed by atoms with Crippen LogP contribution in [0.1, 0.15) is 23.6 Å². The molecule has 2 aromatic heterocycles. The average molecular weight is 399 g/mol. The first kappa shape index (κ1) is 17.8. The topological polar surface area (TPSA) is 77.8 Å². The lowest BCUT2D eigenvalue weighted by Crippen LogP contribution is -1.88. The molecule has 2 aromatic carbocycles. The molecular formula is C19H15ClN4O2S. The van der Waals surface area contributed by atoms with Gasteiger partial charge in [0.2, 0.25) is 17.7 Å². The Morgan fingerprint density at radius 3 is 2.11 bits per heavy atom. The van der Waals surface area contributed by atoms with E-state index in [9.17, 15) is 0 Å². The van der Waals surface area contributed by atoms with Crippen molar-refractivity contribution in [2.24, 2.45) is 0 Å². The molecule has 27 heavy (non-hydrogen) atoms. The van der Waals surface area contributed by atoms with Crippen molar-refractivity contribution in [3.05, 3.63) is 65.0 Å². The highest BCUT2D eigenvalue weighted by Gasteiger charge is 2.19. The monoisotopic (exact) mass is 398 g/mol. The van der Waals surface area contributed by atoms with Crippen LogP contribution >= 0.6 is 23.4 Å². The minimum atomic E-state index is -0.129. The molecular weight excluding hydrogens is 384 g/mol. The van der Waals surface area contributed by atoms with Gasteiger partial charge in [-0.25, -0.2) is 0 Å². The fourth-order valence-corrected chi connectivity index (χ4v) is 3.22. The first-order chi connectivity index (χ1) is 13.1. The van der Waals surface area contributed by atoms with E-state index in [1.54, 1.807) is 12.1 Å². The minimum absolute atomic E-state index is 0.129. The molecule has 0 aliphatic rings. The van der Waals surface area contributed by atoms with Gasteiger partial charge < -0.3 is 8.83 Å². The fourth-order valence-electron chi connectivity index (χ4n) is 2.38. The molecule has 0 N–H and O–H groups in total. The van der Waals surface area contributed by atoms with Crippen molar-refractivity contribution in [2.75, 3.05) is 0 Å². The molecule has 0 saturated carbocycles. The zero-order chi connectivity index (χ0) is 18.8. The molecule has 0 aliphatic carbocycles. The van der Waals surface area contributed by atoms with E-state index in [-0.39, 0.29) is 5.25 Å². The Kier molecular flexibility index (Phi) is 4.96. The van der Waals surface area contributed by atoms with E-state index in [4.69, 9.17) is 20.4 Å². The summed E-state index contributed by atoms with van der Waals surface area (Å²) in [6, 6.07) is 15.2. The maximum absolute atomic E-state index is 5.90. The van der Waals surface area contributed by atoms with E-state index < -0.39 is 0 Å². The predicted octanol–water partition coefficient (Wildman–Crippen LogP) is 5.60. The Hall–Kier alpha value is -2.64. The lowest BCUT2D eigenvalue weighted by molar-refractivity contribution is 0.461. The predicted molar refractivity (Wildman–Crippen MR) is 103 cm³/mol. The van der Waals surface area contributed by atoms with Crippen molar-refractivity contribution in [3.8, 4) is 22.9 Å². The highest BCUT2D eigenvalue weighted by molar-refractivity contribution is 7.99. The van der Waals surface area contributed by atoms with Crippen molar-refractivity contribution < 1.29 is 8.83 Å². The number of rotatable bonds is 5. The second-order valence-corrected chi connectivity index (χ2v) is 7.68. The van der Waals surface area contributed by atoms with Crippen LogP contribution in [0.5, 0.6) is 0 Å². The Morgan fingerprint density at radius 2 is 1.41 bits per heavy atom. The number of nitrogens with zero attached hydrogens (tertiary/aromatic N) is 4. The van der Waals surface area contributed by atoms with E-state index in [2.05, 4.69) is 20.4 Å². The van der Waals surface area contributed by atoms with Crippen LogP contribution in [0.4, 0.5) is 0 Å². The standard InChI is InChI=1S/C19H15ClN4O2S/c1-11-3-5-13(6-4-11)17-22-21-16(25-17)12(2)27-19-24-23-18(26-19)14-7-9-15(20)10-8-14/h3-10,12H,1-2H3/t12-/m0/s1. The third kappa shape index (κ3) is 4.04. The van der Waals surface area contributed by atoms with Crippen LogP contribution in [0.15, 0.2) is 62.6 Å². The SMILES string of the molecule is Cc1ccc(-c2nnc([C@H](C)Sc3nnc(-c4ccc(Cl)cc4)o3)o2)cc1. The van der Waals surface area contributed by atoms with Crippen molar-refractivity contribution in [2.45, 2.75) is 24.3 Å². The fraction of sp³-hybridized carbons (Fsp3) is 0.158. The van der Waals surface area contributed by atoms with Crippen LogP contribution < -0.4 is 0 Å². The number of hydrogen-bond acceptors (Lipinski definition) is 7. The molecule has 8 heteroatoms. The van der Waals surface area contributed by atoms with Gasteiger partial charge in [0.15, 0.2) is 0 Å². The number of aryl methyl sites for hydroxylation is 1. The quantitative estimate of drug-likeness (QED) is 0.405. The smallest absolute Gasteiger partial charge is 0.277 e. The summed E-state index contributed by atoms with van der Waals surface area (Å²) in [6.07, 6.45) is 0. The summed E-state index contributed by atoms with van der Waals surface area (Å²) in [5.74, 6) is 1.43. The Labute approximate surface area is 165 Å². The van der Waals surface area contributed by atoms with Crippen LogP contribution in [-0.4, -0.2) is 20.4 Å². The third-order valence-corrected chi connectivity index (χ3v) is 5.04. The molecule has 136 valence electrons. The van der Waals surface area contributed by atoms with Crippen LogP contribution in [0.2, 0.25) is 5.02 Å². The normalized spacial score (nSPS) is 12.3. The van der Waals surface area contributed by atoms with Gasteiger partial charge in [0.1, 0.15) is 0 Å². The highest BCUT2D eigenvalue weighted by atomic mass is 35.5.